The highest BCUT2D eigenvalue weighted by molar-refractivity contribution is 7.90. The number of piperidine rings is 1. The molecule has 1 fully saturated rings. The Hall–Kier alpha value is -2.15. The van der Waals surface area contributed by atoms with Crippen LogP contribution in [-0.2, 0) is 17.1 Å². The smallest absolute Gasteiger partial charge is 0.285 e. The van der Waals surface area contributed by atoms with Crippen LogP contribution < -0.4 is 0 Å². The number of rotatable bonds is 1. The standard InChI is InChI=1S/C16H18N4O2S/c1-19-11-13(10-17-19)12-6-8-20(9-7-12)16-14-4-2-3-5-15(14)23(21,22)18-16/h2-5,10-12H,6-9H2,1H3. The van der Waals surface area contributed by atoms with E-state index in [9.17, 15) is 8.42 Å². The SMILES string of the molecule is Cn1cc(C2CCN(C3=NS(=O)(=O)c4ccccc43)CC2)cn1. The van der Waals surface area contributed by atoms with E-state index < -0.39 is 10.0 Å². The van der Waals surface area contributed by atoms with E-state index in [0.717, 1.165) is 31.5 Å². The quantitative estimate of drug-likeness (QED) is 0.799. The number of fused-ring (bicyclic) bond motifs is 1. The number of likely N-dealkylation sites (tertiary alicyclic amines) is 1. The molecule has 0 saturated carbocycles. The van der Waals surface area contributed by atoms with Gasteiger partial charge in [-0.15, -0.1) is 4.40 Å². The number of sulfonamides is 1. The highest BCUT2D eigenvalue weighted by atomic mass is 32.2. The number of hydrogen-bond acceptors (Lipinski definition) is 4. The van der Waals surface area contributed by atoms with E-state index in [1.807, 2.05) is 30.1 Å². The Morgan fingerprint density at radius 1 is 1.17 bits per heavy atom. The second kappa shape index (κ2) is 5.19. The summed E-state index contributed by atoms with van der Waals surface area (Å²) >= 11 is 0. The Bertz CT molecular complexity index is 877. The van der Waals surface area contributed by atoms with Gasteiger partial charge < -0.3 is 4.90 Å². The van der Waals surface area contributed by atoms with Gasteiger partial charge in [-0.05, 0) is 36.5 Å². The molecule has 23 heavy (non-hydrogen) atoms. The van der Waals surface area contributed by atoms with Gasteiger partial charge in [0.1, 0.15) is 4.90 Å². The zero-order valence-electron chi connectivity index (χ0n) is 12.9. The molecule has 3 heterocycles. The molecule has 7 heteroatoms. The molecular formula is C16H18N4O2S. The third kappa shape index (κ3) is 2.45. The summed E-state index contributed by atoms with van der Waals surface area (Å²) in [5, 5.41) is 4.24. The average molecular weight is 330 g/mol. The van der Waals surface area contributed by atoms with Gasteiger partial charge in [-0.3, -0.25) is 4.68 Å². The minimum absolute atomic E-state index is 0.324. The number of aryl methyl sites for hydroxylation is 1. The van der Waals surface area contributed by atoms with Crippen LogP contribution in [-0.4, -0.2) is 42.0 Å². The summed E-state index contributed by atoms with van der Waals surface area (Å²) in [5.41, 5.74) is 1.99. The normalized spacial score (nSPS) is 20.4. The second-order valence-electron chi connectivity index (χ2n) is 6.09. The fourth-order valence-electron chi connectivity index (χ4n) is 3.39. The van der Waals surface area contributed by atoms with Crippen LogP contribution in [0.3, 0.4) is 0 Å². The van der Waals surface area contributed by atoms with Crippen molar-refractivity contribution in [2.45, 2.75) is 23.7 Å². The maximum Gasteiger partial charge on any atom is 0.285 e. The summed E-state index contributed by atoms with van der Waals surface area (Å²) in [7, 11) is -1.61. The van der Waals surface area contributed by atoms with Gasteiger partial charge in [-0.1, -0.05) is 12.1 Å². The van der Waals surface area contributed by atoms with E-state index in [0.29, 0.717) is 16.6 Å². The fourth-order valence-corrected chi connectivity index (χ4v) is 4.62. The van der Waals surface area contributed by atoms with Gasteiger partial charge in [0.15, 0.2) is 5.84 Å². The van der Waals surface area contributed by atoms with Crippen LogP contribution in [0.25, 0.3) is 0 Å². The minimum Gasteiger partial charge on any atom is -0.355 e. The number of nitrogens with zero attached hydrogens (tertiary/aromatic N) is 4. The van der Waals surface area contributed by atoms with Gasteiger partial charge in [0.25, 0.3) is 10.0 Å². The van der Waals surface area contributed by atoms with Crippen molar-refractivity contribution in [2.75, 3.05) is 13.1 Å². The molecule has 6 nitrogen and oxygen atoms in total. The van der Waals surface area contributed by atoms with Crippen LogP contribution in [0.15, 0.2) is 46.0 Å². The average Bonchev–Trinajstić information content (AvgIpc) is 3.10. The molecule has 0 unspecified atom stereocenters. The van der Waals surface area contributed by atoms with E-state index >= 15 is 0 Å². The lowest BCUT2D eigenvalue weighted by molar-refractivity contribution is 0.314. The van der Waals surface area contributed by atoms with Gasteiger partial charge >= 0.3 is 0 Å². The van der Waals surface area contributed by atoms with Gasteiger partial charge in [0.05, 0.1) is 6.20 Å². The molecule has 0 amide bonds. The molecule has 1 aromatic carbocycles. The first-order valence-electron chi connectivity index (χ1n) is 7.72. The minimum atomic E-state index is -3.53. The second-order valence-corrected chi connectivity index (χ2v) is 7.67. The van der Waals surface area contributed by atoms with Crippen LogP contribution in [0, 0.1) is 0 Å². The Morgan fingerprint density at radius 2 is 1.91 bits per heavy atom. The van der Waals surface area contributed by atoms with Crippen molar-refractivity contribution in [3.8, 4) is 0 Å². The summed E-state index contributed by atoms with van der Waals surface area (Å²) in [6.45, 7) is 1.62. The molecule has 0 aliphatic carbocycles. The van der Waals surface area contributed by atoms with E-state index in [1.165, 1.54) is 5.56 Å². The lowest BCUT2D eigenvalue weighted by Gasteiger charge is -2.32. The highest BCUT2D eigenvalue weighted by Gasteiger charge is 2.33. The van der Waals surface area contributed by atoms with Crippen molar-refractivity contribution in [1.29, 1.82) is 0 Å². The number of hydrogen-bond donors (Lipinski definition) is 0. The summed E-state index contributed by atoms with van der Waals surface area (Å²) in [6.07, 6.45) is 5.94. The first kappa shape index (κ1) is 14.4. The molecule has 0 bridgehead atoms. The van der Waals surface area contributed by atoms with Gasteiger partial charge in [-0.2, -0.15) is 13.5 Å². The van der Waals surface area contributed by atoms with Crippen LogP contribution in [0.1, 0.15) is 29.9 Å². The van der Waals surface area contributed by atoms with Crippen molar-refractivity contribution in [3.63, 3.8) is 0 Å². The molecule has 2 aliphatic rings. The summed E-state index contributed by atoms with van der Waals surface area (Å²) < 4.78 is 30.2. The third-order valence-electron chi connectivity index (χ3n) is 4.60. The third-order valence-corrected chi connectivity index (χ3v) is 5.93. The Kier molecular flexibility index (Phi) is 3.26. The number of aromatic nitrogens is 2. The van der Waals surface area contributed by atoms with Crippen molar-refractivity contribution in [2.24, 2.45) is 11.4 Å². The molecule has 0 radical (unpaired) electrons. The summed E-state index contributed by atoms with van der Waals surface area (Å²) in [6, 6.07) is 7.07. The molecule has 2 aliphatic heterocycles. The lowest BCUT2D eigenvalue weighted by Crippen LogP contribution is -2.37. The first-order chi connectivity index (χ1) is 11.0. The Morgan fingerprint density at radius 3 is 2.61 bits per heavy atom. The molecule has 2 aromatic rings. The molecule has 1 aromatic heterocycles. The molecule has 0 spiro atoms. The van der Waals surface area contributed by atoms with Crippen LogP contribution in [0.2, 0.25) is 0 Å². The zero-order valence-corrected chi connectivity index (χ0v) is 13.7. The van der Waals surface area contributed by atoms with E-state index in [2.05, 4.69) is 20.6 Å². The van der Waals surface area contributed by atoms with Crippen LogP contribution in [0.5, 0.6) is 0 Å². The Labute approximate surface area is 135 Å². The van der Waals surface area contributed by atoms with Crippen molar-refractivity contribution in [1.82, 2.24) is 14.7 Å². The number of benzene rings is 1. The maximum absolute atomic E-state index is 12.2. The summed E-state index contributed by atoms with van der Waals surface area (Å²) in [4.78, 5) is 2.42. The molecule has 0 N–H and O–H groups in total. The number of amidine groups is 1. The van der Waals surface area contributed by atoms with Gasteiger partial charge in [-0.25, -0.2) is 0 Å². The predicted octanol–water partition coefficient (Wildman–Crippen LogP) is 1.75. The molecule has 0 atom stereocenters. The van der Waals surface area contributed by atoms with Crippen molar-refractivity contribution < 1.29 is 8.42 Å². The topological polar surface area (TPSA) is 67.6 Å². The molecule has 1 saturated heterocycles. The van der Waals surface area contributed by atoms with E-state index in [-0.39, 0.29) is 0 Å². The largest absolute Gasteiger partial charge is 0.355 e. The van der Waals surface area contributed by atoms with Crippen LogP contribution >= 0.6 is 0 Å². The van der Waals surface area contributed by atoms with E-state index in [1.54, 1.807) is 12.1 Å². The van der Waals surface area contributed by atoms with Gasteiger partial charge in [0, 0.05) is 31.9 Å². The predicted molar refractivity (Wildman–Crippen MR) is 86.9 cm³/mol. The Balaban J connectivity index is 1.56. The lowest BCUT2D eigenvalue weighted by atomic mass is 9.91. The zero-order chi connectivity index (χ0) is 16.0. The molecule has 4 rings (SSSR count). The molecule has 120 valence electrons. The first-order valence-corrected chi connectivity index (χ1v) is 9.16. The fraction of sp³-hybridized carbons (Fsp3) is 0.375. The van der Waals surface area contributed by atoms with Crippen LogP contribution in [0.4, 0.5) is 0 Å². The van der Waals surface area contributed by atoms with Gasteiger partial charge in [0.2, 0.25) is 0 Å². The monoisotopic (exact) mass is 330 g/mol. The van der Waals surface area contributed by atoms with Crippen molar-refractivity contribution >= 4 is 15.9 Å². The van der Waals surface area contributed by atoms with E-state index in [4.69, 9.17) is 0 Å². The molecular weight excluding hydrogens is 312 g/mol. The van der Waals surface area contributed by atoms with Crippen molar-refractivity contribution in [3.05, 3.63) is 47.8 Å². The summed E-state index contributed by atoms with van der Waals surface area (Å²) in [5.74, 6) is 1.08. The maximum atomic E-state index is 12.2. The highest BCUT2D eigenvalue weighted by Crippen LogP contribution is 2.32.